The fourth-order valence-electron chi connectivity index (χ4n) is 3.06. The molecule has 7 heteroatoms. The number of rotatable bonds is 5. The van der Waals surface area contributed by atoms with E-state index in [9.17, 15) is 14.0 Å². The summed E-state index contributed by atoms with van der Waals surface area (Å²) < 4.78 is 19.9. The zero-order chi connectivity index (χ0) is 21.1. The number of hydrogen-bond donors (Lipinski definition) is 1. The Morgan fingerprint density at radius 3 is 2.31 bits per heavy atom. The number of aromatic nitrogens is 2. The summed E-state index contributed by atoms with van der Waals surface area (Å²) in [5.41, 5.74) is 3.80. The third kappa shape index (κ3) is 4.68. The van der Waals surface area contributed by atoms with E-state index in [0.29, 0.717) is 5.69 Å². The predicted octanol–water partition coefficient (Wildman–Crippen LogP) is 3.70. The maximum Gasteiger partial charge on any atom is 0.271 e. The van der Waals surface area contributed by atoms with Gasteiger partial charge in [0.1, 0.15) is 5.82 Å². The Morgan fingerprint density at radius 2 is 1.69 bits per heavy atom. The van der Waals surface area contributed by atoms with Gasteiger partial charge in [-0.3, -0.25) is 9.59 Å². The summed E-state index contributed by atoms with van der Waals surface area (Å²) in [5.74, 6) is -0.642. The highest BCUT2D eigenvalue weighted by atomic mass is 19.1. The second kappa shape index (κ2) is 8.26. The molecule has 0 aliphatic rings. The summed E-state index contributed by atoms with van der Waals surface area (Å²) in [7, 11) is 0. The molecule has 0 unspecified atom stereocenters. The lowest BCUT2D eigenvalue weighted by Crippen LogP contribution is -2.32. The van der Waals surface area contributed by atoms with Crippen molar-refractivity contribution in [2.24, 2.45) is 0 Å². The molecule has 1 N–H and O–H groups in total. The fourth-order valence-corrected chi connectivity index (χ4v) is 3.06. The highest BCUT2D eigenvalue weighted by Crippen LogP contribution is 2.22. The third-order valence-electron chi connectivity index (χ3n) is 4.44. The number of halogens is 1. The summed E-state index contributed by atoms with van der Waals surface area (Å²) in [6, 6.07) is 12.0. The summed E-state index contributed by atoms with van der Waals surface area (Å²) in [6.07, 6.45) is -0.846. The molecule has 3 rings (SSSR count). The number of hydrogen-bond acceptors (Lipinski definition) is 4. The fraction of sp³-hybridized carbons (Fsp3) is 0.227. The standard InChI is InChI=1S/C22H22FN3O3/c1-13-11-14(2)21(15(3)12-13)24-22(28)16(4)29-19-9-10-20(27)26(25-19)18-7-5-17(23)6-8-18/h5-12,16H,1-4H3,(H,24,28)/t16-/m1/s1. The van der Waals surface area contributed by atoms with Gasteiger partial charge in [-0.2, -0.15) is 4.68 Å². The van der Waals surface area contributed by atoms with E-state index < -0.39 is 17.5 Å². The molecule has 0 aliphatic carbocycles. The molecule has 29 heavy (non-hydrogen) atoms. The molecule has 1 aromatic heterocycles. The van der Waals surface area contributed by atoms with E-state index in [-0.39, 0.29) is 11.8 Å². The van der Waals surface area contributed by atoms with Crippen LogP contribution in [0.15, 0.2) is 53.3 Å². The zero-order valence-electron chi connectivity index (χ0n) is 16.7. The molecule has 150 valence electrons. The van der Waals surface area contributed by atoms with Crippen molar-refractivity contribution in [1.82, 2.24) is 9.78 Å². The monoisotopic (exact) mass is 395 g/mol. The molecule has 6 nitrogen and oxygen atoms in total. The van der Waals surface area contributed by atoms with Gasteiger partial charge in [0.25, 0.3) is 11.5 Å². The SMILES string of the molecule is Cc1cc(C)c(NC(=O)[C@@H](C)Oc2ccc(=O)n(-c3ccc(F)cc3)n2)c(C)c1. The summed E-state index contributed by atoms with van der Waals surface area (Å²) in [5, 5.41) is 7.02. The number of carbonyl (C=O) groups excluding carboxylic acids is 1. The topological polar surface area (TPSA) is 73.2 Å². The Kier molecular flexibility index (Phi) is 5.77. The Bertz CT molecular complexity index is 1080. The van der Waals surface area contributed by atoms with Crippen LogP contribution in [0.3, 0.4) is 0 Å². The number of ether oxygens (including phenoxy) is 1. The number of benzene rings is 2. The average Bonchev–Trinajstić information content (AvgIpc) is 2.66. The van der Waals surface area contributed by atoms with Crippen molar-refractivity contribution in [1.29, 1.82) is 0 Å². The van der Waals surface area contributed by atoms with E-state index in [2.05, 4.69) is 10.4 Å². The Morgan fingerprint density at radius 1 is 1.07 bits per heavy atom. The average molecular weight is 395 g/mol. The molecule has 0 saturated heterocycles. The molecule has 0 spiro atoms. The van der Waals surface area contributed by atoms with Gasteiger partial charge in [0.15, 0.2) is 6.10 Å². The number of aryl methyl sites for hydroxylation is 3. The van der Waals surface area contributed by atoms with Gasteiger partial charge in [-0.25, -0.2) is 4.39 Å². The number of anilines is 1. The Labute approximate surface area is 168 Å². The molecular weight excluding hydrogens is 373 g/mol. The molecule has 0 bridgehead atoms. The van der Waals surface area contributed by atoms with Crippen LogP contribution in [-0.2, 0) is 4.79 Å². The van der Waals surface area contributed by atoms with E-state index in [1.54, 1.807) is 6.92 Å². The second-order valence-corrected chi connectivity index (χ2v) is 6.92. The molecule has 0 aliphatic heterocycles. The molecule has 1 amide bonds. The second-order valence-electron chi connectivity index (χ2n) is 6.92. The highest BCUT2D eigenvalue weighted by Gasteiger charge is 2.18. The van der Waals surface area contributed by atoms with Crippen molar-refractivity contribution in [2.75, 3.05) is 5.32 Å². The minimum atomic E-state index is -0.846. The first-order chi connectivity index (χ1) is 13.7. The summed E-state index contributed by atoms with van der Waals surface area (Å²) >= 11 is 0. The van der Waals surface area contributed by atoms with E-state index in [1.165, 1.54) is 36.4 Å². The predicted molar refractivity (Wildman–Crippen MR) is 109 cm³/mol. The summed E-state index contributed by atoms with van der Waals surface area (Å²) in [4.78, 5) is 24.7. The van der Waals surface area contributed by atoms with Gasteiger partial charge in [0, 0.05) is 17.8 Å². The summed E-state index contributed by atoms with van der Waals surface area (Å²) in [6.45, 7) is 7.46. The molecule has 2 aromatic carbocycles. The van der Waals surface area contributed by atoms with Crippen molar-refractivity contribution >= 4 is 11.6 Å². The number of carbonyl (C=O) groups is 1. The lowest BCUT2D eigenvalue weighted by Gasteiger charge is -2.17. The van der Waals surface area contributed by atoms with Crippen LogP contribution in [-0.4, -0.2) is 21.8 Å². The van der Waals surface area contributed by atoms with Crippen LogP contribution in [0.5, 0.6) is 5.88 Å². The van der Waals surface area contributed by atoms with E-state index >= 15 is 0 Å². The lowest BCUT2D eigenvalue weighted by atomic mass is 10.0. The van der Waals surface area contributed by atoms with Gasteiger partial charge in [-0.1, -0.05) is 17.7 Å². The van der Waals surface area contributed by atoms with Gasteiger partial charge in [0.2, 0.25) is 5.88 Å². The van der Waals surface area contributed by atoms with Gasteiger partial charge in [-0.05, 0) is 63.1 Å². The molecule has 1 atom stereocenters. The van der Waals surface area contributed by atoms with E-state index in [1.807, 2.05) is 32.9 Å². The first kappa shape index (κ1) is 20.3. The first-order valence-electron chi connectivity index (χ1n) is 9.16. The Hall–Kier alpha value is -3.48. The molecule has 0 radical (unpaired) electrons. The zero-order valence-corrected chi connectivity index (χ0v) is 16.7. The normalized spacial score (nSPS) is 11.8. The maximum atomic E-state index is 13.1. The molecule has 0 saturated carbocycles. The third-order valence-corrected chi connectivity index (χ3v) is 4.44. The van der Waals surface area contributed by atoms with E-state index in [0.717, 1.165) is 27.1 Å². The van der Waals surface area contributed by atoms with Crippen LogP contribution in [0, 0.1) is 26.6 Å². The number of amides is 1. The molecular formula is C22H22FN3O3. The minimum Gasteiger partial charge on any atom is -0.463 e. The minimum absolute atomic E-state index is 0.105. The van der Waals surface area contributed by atoms with Gasteiger partial charge in [-0.15, -0.1) is 5.10 Å². The lowest BCUT2D eigenvalue weighted by molar-refractivity contribution is -0.122. The van der Waals surface area contributed by atoms with Crippen molar-refractivity contribution in [3.63, 3.8) is 0 Å². The van der Waals surface area contributed by atoms with Crippen molar-refractivity contribution in [2.45, 2.75) is 33.8 Å². The smallest absolute Gasteiger partial charge is 0.271 e. The number of nitrogens with one attached hydrogen (secondary N) is 1. The maximum absolute atomic E-state index is 13.1. The van der Waals surface area contributed by atoms with Crippen LogP contribution >= 0.6 is 0 Å². The van der Waals surface area contributed by atoms with Crippen LogP contribution in [0.4, 0.5) is 10.1 Å². The highest BCUT2D eigenvalue weighted by molar-refractivity contribution is 5.95. The number of nitrogens with zero attached hydrogens (tertiary/aromatic N) is 2. The van der Waals surface area contributed by atoms with Crippen molar-refractivity contribution in [3.8, 4) is 11.6 Å². The first-order valence-corrected chi connectivity index (χ1v) is 9.16. The Balaban J connectivity index is 1.78. The quantitative estimate of drug-likeness (QED) is 0.715. The van der Waals surface area contributed by atoms with Crippen LogP contribution < -0.4 is 15.6 Å². The molecule has 3 aromatic rings. The van der Waals surface area contributed by atoms with Crippen LogP contribution in [0.2, 0.25) is 0 Å². The van der Waals surface area contributed by atoms with Gasteiger partial charge >= 0.3 is 0 Å². The van der Waals surface area contributed by atoms with Crippen molar-refractivity contribution < 1.29 is 13.9 Å². The van der Waals surface area contributed by atoms with Crippen molar-refractivity contribution in [3.05, 3.63) is 81.4 Å². The molecule has 0 fully saturated rings. The molecule has 1 heterocycles. The van der Waals surface area contributed by atoms with Crippen LogP contribution in [0.25, 0.3) is 5.69 Å². The van der Waals surface area contributed by atoms with Gasteiger partial charge in [0.05, 0.1) is 5.69 Å². The van der Waals surface area contributed by atoms with Gasteiger partial charge < -0.3 is 10.1 Å². The van der Waals surface area contributed by atoms with Crippen LogP contribution in [0.1, 0.15) is 23.6 Å². The van der Waals surface area contributed by atoms with E-state index in [4.69, 9.17) is 4.74 Å². The largest absolute Gasteiger partial charge is 0.463 e.